The minimum atomic E-state index is 0.573. The zero-order valence-electron chi connectivity index (χ0n) is 11.3. The minimum Gasteiger partial charge on any atom is -0.314 e. The molecule has 0 amide bonds. The van der Waals surface area contributed by atoms with E-state index in [0.717, 1.165) is 17.4 Å². The van der Waals surface area contributed by atoms with Crippen LogP contribution in [0.5, 0.6) is 0 Å². The Morgan fingerprint density at radius 3 is 2.18 bits per heavy atom. The lowest BCUT2D eigenvalue weighted by Crippen LogP contribution is -2.37. The summed E-state index contributed by atoms with van der Waals surface area (Å²) >= 11 is 3.48. The summed E-state index contributed by atoms with van der Waals surface area (Å²) in [5.74, 6) is 1.39. The molecule has 1 aromatic rings. The van der Waals surface area contributed by atoms with Crippen LogP contribution in [0.1, 0.15) is 33.3 Å². The molecule has 1 N–H and O–H groups in total. The van der Waals surface area contributed by atoms with Crippen molar-refractivity contribution in [2.45, 2.75) is 40.2 Å². The molecule has 0 saturated heterocycles. The lowest BCUT2D eigenvalue weighted by atomic mass is 9.84. The number of benzene rings is 1. The molecule has 0 heterocycles. The third-order valence-electron chi connectivity index (χ3n) is 3.41. The van der Waals surface area contributed by atoms with Gasteiger partial charge in [0.25, 0.3) is 0 Å². The van der Waals surface area contributed by atoms with Crippen molar-refractivity contribution in [2.24, 2.45) is 11.8 Å². The fourth-order valence-corrected chi connectivity index (χ4v) is 2.62. The van der Waals surface area contributed by atoms with E-state index in [1.54, 1.807) is 0 Å². The van der Waals surface area contributed by atoms with E-state index in [0.29, 0.717) is 17.9 Å². The summed E-state index contributed by atoms with van der Waals surface area (Å²) in [6.07, 6.45) is 1.15. The van der Waals surface area contributed by atoms with E-state index in [4.69, 9.17) is 0 Å². The van der Waals surface area contributed by atoms with Crippen LogP contribution in [0.4, 0.5) is 0 Å². The molecule has 0 aliphatic rings. The maximum atomic E-state index is 3.55. The maximum absolute atomic E-state index is 3.55. The summed E-state index contributed by atoms with van der Waals surface area (Å²) in [7, 11) is 0. The second-order valence-corrected chi connectivity index (χ2v) is 6.00. The highest BCUT2D eigenvalue weighted by Crippen LogP contribution is 2.22. The average Bonchev–Trinajstić information content (AvgIpc) is 2.28. The van der Waals surface area contributed by atoms with Gasteiger partial charge in [-0.2, -0.15) is 0 Å². The third-order valence-corrected chi connectivity index (χ3v) is 3.94. The highest BCUT2D eigenvalue weighted by Gasteiger charge is 2.20. The van der Waals surface area contributed by atoms with Crippen molar-refractivity contribution >= 4 is 15.9 Å². The van der Waals surface area contributed by atoms with Crippen LogP contribution >= 0.6 is 15.9 Å². The summed E-state index contributed by atoms with van der Waals surface area (Å²) < 4.78 is 1.15. The Morgan fingerprint density at radius 1 is 1.12 bits per heavy atom. The van der Waals surface area contributed by atoms with E-state index in [1.807, 2.05) is 0 Å². The van der Waals surface area contributed by atoms with Crippen molar-refractivity contribution in [3.05, 3.63) is 34.3 Å². The lowest BCUT2D eigenvalue weighted by molar-refractivity contribution is 0.292. The van der Waals surface area contributed by atoms with E-state index < -0.39 is 0 Å². The molecule has 2 atom stereocenters. The predicted octanol–water partition coefficient (Wildman–Crippen LogP) is 4.26. The Hall–Kier alpha value is -0.340. The third kappa shape index (κ3) is 4.81. The Balaban J connectivity index is 2.69. The Labute approximate surface area is 114 Å². The molecule has 2 unspecified atom stereocenters. The van der Waals surface area contributed by atoms with Crippen LogP contribution in [-0.4, -0.2) is 12.6 Å². The quantitative estimate of drug-likeness (QED) is 0.827. The molecular formula is C15H24BrN. The first kappa shape index (κ1) is 14.7. The molecule has 17 heavy (non-hydrogen) atoms. The summed E-state index contributed by atoms with van der Waals surface area (Å²) in [6.45, 7) is 10.2. The zero-order chi connectivity index (χ0) is 12.8. The van der Waals surface area contributed by atoms with Gasteiger partial charge in [-0.25, -0.2) is 0 Å². The van der Waals surface area contributed by atoms with Gasteiger partial charge >= 0.3 is 0 Å². The summed E-state index contributed by atoms with van der Waals surface area (Å²) in [5, 5.41) is 3.55. The minimum absolute atomic E-state index is 0.573. The molecule has 0 spiro atoms. The van der Waals surface area contributed by atoms with Gasteiger partial charge in [0, 0.05) is 10.5 Å². The van der Waals surface area contributed by atoms with Crippen molar-refractivity contribution in [1.29, 1.82) is 0 Å². The molecule has 0 saturated carbocycles. The summed E-state index contributed by atoms with van der Waals surface area (Å²) in [6, 6.07) is 9.27. The highest BCUT2D eigenvalue weighted by molar-refractivity contribution is 9.10. The number of rotatable bonds is 6. The van der Waals surface area contributed by atoms with Crippen LogP contribution in [0.25, 0.3) is 0 Å². The van der Waals surface area contributed by atoms with Crippen LogP contribution < -0.4 is 5.32 Å². The van der Waals surface area contributed by atoms with Crippen molar-refractivity contribution < 1.29 is 0 Å². The number of nitrogens with one attached hydrogen (secondary N) is 1. The first-order chi connectivity index (χ1) is 8.04. The Morgan fingerprint density at radius 2 is 1.71 bits per heavy atom. The van der Waals surface area contributed by atoms with Gasteiger partial charge in [-0.3, -0.25) is 0 Å². The van der Waals surface area contributed by atoms with E-state index >= 15 is 0 Å². The molecule has 0 bridgehead atoms. The van der Waals surface area contributed by atoms with Gasteiger partial charge in [0.2, 0.25) is 0 Å². The predicted molar refractivity (Wildman–Crippen MR) is 79.3 cm³/mol. The molecule has 1 rings (SSSR count). The second-order valence-electron chi connectivity index (χ2n) is 5.08. The molecule has 0 aromatic heterocycles. The SMILES string of the molecule is CCNC(C)C(Cc1ccc(Br)cc1)C(C)C. The molecule has 0 radical (unpaired) electrons. The average molecular weight is 298 g/mol. The maximum Gasteiger partial charge on any atom is 0.0175 e. The van der Waals surface area contributed by atoms with Crippen LogP contribution in [-0.2, 0) is 6.42 Å². The van der Waals surface area contributed by atoms with Gasteiger partial charge < -0.3 is 5.32 Å². The first-order valence-electron chi connectivity index (χ1n) is 6.52. The molecule has 1 aromatic carbocycles. The molecule has 0 aliphatic heterocycles. The van der Waals surface area contributed by atoms with Crippen LogP contribution in [0.15, 0.2) is 28.7 Å². The molecule has 2 heteroatoms. The molecule has 96 valence electrons. The number of hydrogen-bond acceptors (Lipinski definition) is 1. The monoisotopic (exact) mass is 297 g/mol. The van der Waals surface area contributed by atoms with E-state index in [9.17, 15) is 0 Å². The van der Waals surface area contributed by atoms with Crippen molar-refractivity contribution in [2.75, 3.05) is 6.54 Å². The van der Waals surface area contributed by atoms with Crippen molar-refractivity contribution in [3.63, 3.8) is 0 Å². The van der Waals surface area contributed by atoms with E-state index in [2.05, 4.69) is 73.2 Å². The van der Waals surface area contributed by atoms with Crippen LogP contribution in [0, 0.1) is 11.8 Å². The largest absolute Gasteiger partial charge is 0.314 e. The highest BCUT2D eigenvalue weighted by atomic mass is 79.9. The number of hydrogen-bond donors (Lipinski definition) is 1. The molecule has 0 aliphatic carbocycles. The molecule has 0 fully saturated rings. The van der Waals surface area contributed by atoms with Gasteiger partial charge in [-0.15, -0.1) is 0 Å². The zero-order valence-corrected chi connectivity index (χ0v) is 12.9. The first-order valence-corrected chi connectivity index (χ1v) is 7.31. The van der Waals surface area contributed by atoms with Crippen LogP contribution in [0.2, 0.25) is 0 Å². The molecule has 1 nitrogen and oxygen atoms in total. The van der Waals surface area contributed by atoms with Gasteiger partial charge in [-0.1, -0.05) is 48.8 Å². The van der Waals surface area contributed by atoms with Crippen molar-refractivity contribution in [1.82, 2.24) is 5.32 Å². The van der Waals surface area contributed by atoms with Gasteiger partial charge in [0.1, 0.15) is 0 Å². The molecular weight excluding hydrogens is 274 g/mol. The second kappa shape index (κ2) is 7.17. The number of halogens is 1. The Bertz CT molecular complexity index is 318. The lowest BCUT2D eigenvalue weighted by Gasteiger charge is -2.28. The standard InChI is InChI=1S/C15H24BrN/c1-5-17-12(4)15(11(2)3)10-13-6-8-14(16)9-7-13/h6-9,11-12,15,17H,5,10H2,1-4H3. The van der Waals surface area contributed by atoms with Crippen molar-refractivity contribution in [3.8, 4) is 0 Å². The Kier molecular flexibility index (Phi) is 6.21. The smallest absolute Gasteiger partial charge is 0.0175 e. The topological polar surface area (TPSA) is 12.0 Å². The van der Waals surface area contributed by atoms with Gasteiger partial charge in [-0.05, 0) is 49.4 Å². The van der Waals surface area contributed by atoms with E-state index in [-0.39, 0.29) is 0 Å². The normalized spacial score (nSPS) is 14.9. The summed E-state index contributed by atoms with van der Waals surface area (Å²) in [4.78, 5) is 0. The fraction of sp³-hybridized carbons (Fsp3) is 0.600. The summed E-state index contributed by atoms with van der Waals surface area (Å²) in [5.41, 5.74) is 1.43. The van der Waals surface area contributed by atoms with Gasteiger partial charge in [0.05, 0.1) is 0 Å². The van der Waals surface area contributed by atoms with E-state index in [1.165, 1.54) is 5.56 Å². The van der Waals surface area contributed by atoms with Crippen LogP contribution in [0.3, 0.4) is 0 Å². The van der Waals surface area contributed by atoms with Gasteiger partial charge in [0.15, 0.2) is 0 Å². The fourth-order valence-electron chi connectivity index (χ4n) is 2.36.